The van der Waals surface area contributed by atoms with E-state index < -0.39 is 0 Å². The molecule has 0 aromatic rings. The van der Waals surface area contributed by atoms with Crippen LogP contribution >= 0.6 is 0 Å². The van der Waals surface area contributed by atoms with Crippen LogP contribution < -0.4 is 5.32 Å². The van der Waals surface area contributed by atoms with Crippen LogP contribution in [0.3, 0.4) is 0 Å². The number of unbranched alkanes of at least 4 members (excludes halogenated alkanes) is 14. The second-order valence-electron chi connectivity index (χ2n) is 6.20. The molecule has 1 heteroatoms. The van der Waals surface area contributed by atoms with Crippen molar-refractivity contribution in [1.29, 1.82) is 0 Å². The van der Waals surface area contributed by atoms with E-state index >= 15 is 0 Å². The van der Waals surface area contributed by atoms with Gasteiger partial charge in [-0.15, -0.1) is 0 Å². The summed E-state index contributed by atoms with van der Waals surface area (Å²) in [7, 11) is 0. The molecule has 0 saturated carbocycles. The van der Waals surface area contributed by atoms with Crippen LogP contribution in [-0.2, 0) is 0 Å². The largest absolute Gasteiger partial charge is 0.317 e. The Hall–Kier alpha value is -0.0400. The Bertz CT molecular complexity index is 138. The number of hydrogen-bond donors (Lipinski definition) is 1. The first-order chi connectivity index (χ1) is 9.91. The van der Waals surface area contributed by atoms with Gasteiger partial charge in [0, 0.05) is 0 Å². The normalized spacial score (nSPS) is 11.1. The van der Waals surface area contributed by atoms with Crippen molar-refractivity contribution in [3.05, 3.63) is 6.92 Å². The number of nitrogens with one attached hydrogen (secondary N) is 1. The highest BCUT2D eigenvalue weighted by Gasteiger charge is 1.94. The molecule has 0 spiro atoms. The molecule has 0 saturated heterocycles. The first-order valence-electron chi connectivity index (χ1n) is 9.41. The molecule has 0 aromatic carbocycles. The Balaban J connectivity index is 2.89. The zero-order valence-electron chi connectivity index (χ0n) is 14.2. The van der Waals surface area contributed by atoms with Crippen LogP contribution in [-0.4, -0.2) is 13.1 Å². The van der Waals surface area contributed by atoms with Crippen LogP contribution in [0.5, 0.6) is 0 Å². The van der Waals surface area contributed by atoms with Crippen molar-refractivity contribution in [2.75, 3.05) is 13.1 Å². The summed E-state index contributed by atoms with van der Waals surface area (Å²) in [5, 5.41) is 3.28. The summed E-state index contributed by atoms with van der Waals surface area (Å²) < 4.78 is 0. The minimum atomic E-state index is 0.874. The van der Waals surface area contributed by atoms with Crippen LogP contribution in [0.25, 0.3) is 0 Å². The van der Waals surface area contributed by atoms with Gasteiger partial charge >= 0.3 is 0 Å². The van der Waals surface area contributed by atoms with E-state index in [1.54, 1.807) is 0 Å². The molecule has 0 aliphatic rings. The van der Waals surface area contributed by atoms with Crippen molar-refractivity contribution in [3.8, 4) is 0 Å². The lowest BCUT2D eigenvalue weighted by atomic mass is 10.0. The minimum absolute atomic E-state index is 0.874. The third-order valence-electron chi connectivity index (χ3n) is 4.13. The van der Waals surface area contributed by atoms with Gasteiger partial charge in [-0.1, -0.05) is 96.8 Å². The van der Waals surface area contributed by atoms with Gasteiger partial charge in [0.25, 0.3) is 0 Å². The van der Waals surface area contributed by atoms with Crippen LogP contribution in [0.4, 0.5) is 0 Å². The standard InChI is InChI=1S/C19H40N/c1-3-5-6-7-8-9-10-11-12-13-14-15-16-17-18-19-20-4-2/h20H,2-19H2,1H3. The topological polar surface area (TPSA) is 12.0 Å². The zero-order valence-corrected chi connectivity index (χ0v) is 14.2. The maximum atomic E-state index is 3.78. The Morgan fingerprint density at radius 2 is 0.900 bits per heavy atom. The summed E-state index contributed by atoms with van der Waals surface area (Å²) in [6.07, 6.45) is 21.6. The molecule has 1 N–H and O–H groups in total. The molecule has 0 rings (SSSR count). The van der Waals surface area contributed by atoms with E-state index in [1.807, 2.05) is 0 Å². The van der Waals surface area contributed by atoms with Gasteiger partial charge in [0.2, 0.25) is 0 Å². The molecule has 0 bridgehead atoms. The fourth-order valence-electron chi connectivity index (χ4n) is 2.75. The van der Waals surface area contributed by atoms with Crippen molar-refractivity contribution in [2.24, 2.45) is 0 Å². The lowest BCUT2D eigenvalue weighted by Crippen LogP contribution is -2.13. The highest BCUT2D eigenvalue weighted by Crippen LogP contribution is 2.13. The SMILES string of the molecule is [CH2]CNCCCCCCCCCCCCCCCCC. The van der Waals surface area contributed by atoms with Gasteiger partial charge in [0.05, 0.1) is 0 Å². The van der Waals surface area contributed by atoms with Gasteiger partial charge in [0.1, 0.15) is 0 Å². The first-order valence-corrected chi connectivity index (χ1v) is 9.41. The highest BCUT2D eigenvalue weighted by atomic mass is 14.8. The quantitative estimate of drug-likeness (QED) is 0.309. The fourth-order valence-corrected chi connectivity index (χ4v) is 2.75. The molecular formula is C19H40N. The molecule has 0 unspecified atom stereocenters. The zero-order chi connectivity index (χ0) is 14.7. The molecule has 20 heavy (non-hydrogen) atoms. The van der Waals surface area contributed by atoms with Gasteiger partial charge in [-0.2, -0.15) is 0 Å². The maximum Gasteiger partial charge on any atom is -0.00484 e. The summed E-state index contributed by atoms with van der Waals surface area (Å²) in [5.74, 6) is 0. The Morgan fingerprint density at radius 1 is 0.550 bits per heavy atom. The molecule has 1 nitrogen and oxygen atoms in total. The van der Waals surface area contributed by atoms with E-state index in [9.17, 15) is 0 Å². The summed E-state index contributed by atoms with van der Waals surface area (Å²) >= 11 is 0. The summed E-state index contributed by atoms with van der Waals surface area (Å²) in [4.78, 5) is 0. The molecule has 0 amide bonds. The maximum absolute atomic E-state index is 3.78. The van der Waals surface area contributed by atoms with Gasteiger partial charge in [-0.3, -0.25) is 0 Å². The minimum Gasteiger partial charge on any atom is -0.317 e. The average molecular weight is 283 g/mol. The van der Waals surface area contributed by atoms with Crippen molar-refractivity contribution in [3.63, 3.8) is 0 Å². The molecule has 0 aliphatic carbocycles. The second-order valence-corrected chi connectivity index (χ2v) is 6.20. The molecule has 0 aromatic heterocycles. The predicted molar refractivity (Wildman–Crippen MR) is 93.2 cm³/mol. The second kappa shape index (κ2) is 19.0. The van der Waals surface area contributed by atoms with E-state index in [2.05, 4.69) is 19.2 Å². The highest BCUT2D eigenvalue weighted by molar-refractivity contribution is 4.51. The van der Waals surface area contributed by atoms with Crippen molar-refractivity contribution >= 4 is 0 Å². The average Bonchev–Trinajstić information content (AvgIpc) is 2.47. The molecule has 0 heterocycles. The van der Waals surface area contributed by atoms with E-state index in [-0.39, 0.29) is 0 Å². The Kier molecular flexibility index (Phi) is 18.9. The van der Waals surface area contributed by atoms with Crippen molar-refractivity contribution in [1.82, 2.24) is 5.32 Å². The fraction of sp³-hybridized carbons (Fsp3) is 0.947. The lowest BCUT2D eigenvalue weighted by Gasteiger charge is -2.03. The van der Waals surface area contributed by atoms with Crippen molar-refractivity contribution in [2.45, 2.75) is 103 Å². The Labute approximate surface area is 129 Å². The third kappa shape index (κ3) is 18.0. The monoisotopic (exact) mass is 282 g/mol. The predicted octanol–water partition coefficient (Wildman–Crippen LogP) is 6.28. The summed E-state index contributed by atoms with van der Waals surface area (Å²) in [5.41, 5.74) is 0. The van der Waals surface area contributed by atoms with Crippen LogP contribution in [0, 0.1) is 6.92 Å². The third-order valence-corrected chi connectivity index (χ3v) is 4.13. The van der Waals surface area contributed by atoms with Gasteiger partial charge in [-0.05, 0) is 26.4 Å². The van der Waals surface area contributed by atoms with E-state index in [4.69, 9.17) is 0 Å². The molecule has 121 valence electrons. The van der Waals surface area contributed by atoms with Crippen LogP contribution in [0.2, 0.25) is 0 Å². The van der Waals surface area contributed by atoms with Crippen LogP contribution in [0.15, 0.2) is 0 Å². The summed E-state index contributed by atoms with van der Waals surface area (Å²) in [6, 6.07) is 0. The lowest BCUT2D eigenvalue weighted by molar-refractivity contribution is 0.529. The molecular weight excluding hydrogens is 242 g/mol. The first kappa shape index (κ1) is 20.0. The van der Waals surface area contributed by atoms with E-state index in [0.29, 0.717) is 0 Å². The van der Waals surface area contributed by atoms with E-state index in [1.165, 1.54) is 96.3 Å². The molecule has 0 fully saturated rings. The smallest absolute Gasteiger partial charge is 0.00484 e. The number of rotatable bonds is 17. The van der Waals surface area contributed by atoms with Gasteiger partial charge < -0.3 is 5.32 Å². The molecule has 0 aliphatic heterocycles. The van der Waals surface area contributed by atoms with Crippen molar-refractivity contribution < 1.29 is 0 Å². The van der Waals surface area contributed by atoms with Gasteiger partial charge in [0.15, 0.2) is 0 Å². The molecule has 0 atom stereocenters. The van der Waals surface area contributed by atoms with Crippen LogP contribution in [0.1, 0.15) is 103 Å². The van der Waals surface area contributed by atoms with Gasteiger partial charge in [-0.25, -0.2) is 0 Å². The number of hydrogen-bond acceptors (Lipinski definition) is 1. The summed E-state index contributed by atoms with van der Waals surface area (Å²) in [6.45, 7) is 8.10. The Morgan fingerprint density at radius 3 is 1.25 bits per heavy atom. The van der Waals surface area contributed by atoms with E-state index in [0.717, 1.165) is 13.1 Å². The molecule has 1 radical (unpaired) electrons.